The molecule has 0 unspecified atom stereocenters. The van der Waals surface area contributed by atoms with Gasteiger partial charge in [0.15, 0.2) is 0 Å². The predicted octanol–water partition coefficient (Wildman–Crippen LogP) is 3.26. The van der Waals surface area contributed by atoms with Crippen LogP contribution in [-0.2, 0) is 5.88 Å². The maximum Gasteiger partial charge on any atom is 0.0650 e. The largest absolute Gasteiger partial charge is 0.237 e. The smallest absolute Gasteiger partial charge is 0.0650 e. The molecule has 0 spiro atoms. The van der Waals surface area contributed by atoms with Gasteiger partial charge in [0.1, 0.15) is 0 Å². The highest BCUT2D eigenvalue weighted by Gasteiger charge is 2.02. The van der Waals surface area contributed by atoms with Crippen molar-refractivity contribution in [1.82, 2.24) is 9.78 Å². The number of hydrogen-bond donors (Lipinski definition) is 0. The Bertz CT molecular complexity index is 420. The summed E-state index contributed by atoms with van der Waals surface area (Å²) in [6.07, 6.45) is 1.73. The minimum absolute atomic E-state index is 0.447. The predicted molar refractivity (Wildman–Crippen MR) is 58.1 cm³/mol. The summed E-state index contributed by atoms with van der Waals surface area (Å²) in [5.41, 5.74) is 1.93. The molecular formula is C10H8Cl2N2. The highest BCUT2D eigenvalue weighted by atomic mass is 35.5. The first-order valence-corrected chi connectivity index (χ1v) is 5.07. The molecule has 1 heterocycles. The summed E-state index contributed by atoms with van der Waals surface area (Å²) >= 11 is 11.6. The van der Waals surface area contributed by atoms with Gasteiger partial charge in [0.05, 0.1) is 17.3 Å². The van der Waals surface area contributed by atoms with Crippen molar-refractivity contribution in [3.05, 3.63) is 47.2 Å². The van der Waals surface area contributed by atoms with E-state index >= 15 is 0 Å². The summed E-state index contributed by atoms with van der Waals surface area (Å²) in [6, 6.07) is 9.37. The van der Waals surface area contributed by atoms with Crippen LogP contribution in [0.2, 0.25) is 5.02 Å². The molecule has 14 heavy (non-hydrogen) atoms. The standard InChI is InChI=1S/C10H8Cl2N2/c11-7-10-5-6-13-14(10)9-3-1-8(12)2-4-9/h1-6H,7H2. The zero-order chi connectivity index (χ0) is 9.97. The van der Waals surface area contributed by atoms with E-state index in [0.29, 0.717) is 10.9 Å². The first kappa shape index (κ1) is 9.56. The third-order valence-corrected chi connectivity index (χ3v) is 2.46. The van der Waals surface area contributed by atoms with Gasteiger partial charge in [-0.15, -0.1) is 11.6 Å². The lowest BCUT2D eigenvalue weighted by Crippen LogP contribution is -1.99. The third-order valence-electron chi connectivity index (χ3n) is 1.93. The number of benzene rings is 1. The second kappa shape index (κ2) is 4.03. The van der Waals surface area contributed by atoms with E-state index < -0.39 is 0 Å². The van der Waals surface area contributed by atoms with Crippen LogP contribution >= 0.6 is 23.2 Å². The average Bonchev–Trinajstić information content (AvgIpc) is 2.67. The number of aromatic nitrogens is 2. The van der Waals surface area contributed by atoms with E-state index in [4.69, 9.17) is 23.2 Å². The molecule has 0 amide bonds. The van der Waals surface area contributed by atoms with Gasteiger partial charge >= 0.3 is 0 Å². The van der Waals surface area contributed by atoms with Crippen LogP contribution in [0.25, 0.3) is 5.69 Å². The summed E-state index contributed by atoms with van der Waals surface area (Å²) < 4.78 is 1.79. The number of halogens is 2. The summed E-state index contributed by atoms with van der Waals surface area (Å²) in [5, 5.41) is 4.89. The second-order valence-electron chi connectivity index (χ2n) is 2.84. The molecule has 72 valence electrons. The van der Waals surface area contributed by atoms with E-state index in [-0.39, 0.29) is 0 Å². The van der Waals surface area contributed by atoms with Crippen molar-refractivity contribution in [3.8, 4) is 5.69 Å². The third kappa shape index (κ3) is 1.76. The van der Waals surface area contributed by atoms with Crippen LogP contribution in [0, 0.1) is 0 Å². The summed E-state index contributed by atoms with van der Waals surface area (Å²) in [7, 11) is 0. The van der Waals surface area contributed by atoms with E-state index in [1.165, 1.54) is 0 Å². The van der Waals surface area contributed by atoms with Crippen molar-refractivity contribution >= 4 is 23.2 Å². The van der Waals surface area contributed by atoms with E-state index in [1.54, 1.807) is 10.9 Å². The van der Waals surface area contributed by atoms with E-state index in [2.05, 4.69) is 5.10 Å². The fourth-order valence-electron chi connectivity index (χ4n) is 1.25. The van der Waals surface area contributed by atoms with Crippen molar-refractivity contribution < 1.29 is 0 Å². The molecule has 0 radical (unpaired) electrons. The molecule has 0 saturated carbocycles. The van der Waals surface area contributed by atoms with Gasteiger partial charge in [0.25, 0.3) is 0 Å². The fraction of sp³-hybridized carbons (Fsp3) is 0.100. The fourth-order valence-corrected chi connectivity index (χ4v) is 1.58. The van der Waals surface area contributed by atoms with Gasteiger partial charge in [-0.2, -0.15) is 5.10 Å². The molecule has 2 aromatic rings. The van der Waals surface area contributed by atoms with Gasteiger partial charge < -0.3 is 0 Å². The lowest BCUT2D eigenvalue weighted by atomic mass is 10.3. The van der Waals surface area contributed by atoms with Crippen molar-refractivity contribution in [2.75, 3.05) is 0 Å². The van der Waals surface area contributed by atoms with Crippen LogP contribution in [0.15, 0.2) is 36.5 Å². The molecule has 0 bridgehead atoms. The van der Waals surface area contributed by atoms with Crippen molar-refractivity contribution in [2.45, 2.75) is 5.88 Å². The van der Waals surface area contributed by atoms with Gasteiger partial charge in [-0.3, -0.25) is 0 Å². The van der Waals surface area contributed by atoms with Gasteiger partial charge in [-0.25, -0.2) is 4.68 Å². The first-order chi connectivity index (χ1) is 6.81. The molecular weight excluding hydrogens is 219 g/mol. The molecule has 2 rings (SSSR count). The van der Waals surface area contributed by atoms with Crippen LogP contribution in [0.3, 0.4) is 0 Å². The van der Waals surface area contributed by atoms with Gasteiger partial charge in [0.2, 0.25) is 0 Å². The van der Waals surface area contributed by atoms with E-state index in [0.717, 1.165) is 11.4 Å². The molecule has 1 aromatic carbocycles. The molecule has 0 aliphatic heterocycles. The lowest BCUT2D eigenvalue weighted by Gasteiger charge is -2.04. The molecule has 0 aliphatic carbocycles. The Balaban J connectivity index is 2.44. The topological polar surface area (TPSA) is 17.8 Å². The molecule has 0 fully saturated rings. The number of hydrogen-bond acceptors (Lipinski definition) is 1. The van der Waals surface area contributed by atoms with Crippen molar-refractivity contribution in [3.63, 3.8) is 0 Å². The van der Waals surface area contributed by atoms with E-state index in [9.17, 15) is 0 Å². The summed E-state index contributed by atoms with van der Waals surface area (Å²) in [4.78, 5) is 0. The Labute approximate surface area is 92.1 Å². The Hall–Kier alpha value is -0.990. The monoisotopic (exact) mass is 226 g/mol. The molecule has 1 aromatic heterocycles. The van der Waals surface area contributed by atoms with Gasteiger partial charge in [-0.05, 0) is 30.3 Å². The highest BCUT2D eigenvalue weighted by molar-refractivity contribution is 6.30. The molecule has 0 saturated heterocycles. The molecule has 2 nitrogen and oxygen atoms in total. The van der Waals surface area contributed by atoms with Crippen LogP contribution in [-0.4, -0.2) is 9.78 Å². The average molecular weight is 227 g/mol. The van der Waals surface area contributed by atoms with Crippen LogP contribution in [0.5, 0.6) is 0 Å². The second-order valence-corrected chi connectivity index (χ2v) is 3.55. The number of alkyl halides is 1. The van der Waals surface area contributed by atoms with Crippen LogP contribution in [0.4, 0.5) is 0 Å². The Morgan fingerprint density at radius 1 is 1.14 bits per heavy atom. The lowest BCUT2D eigenvalue weighted by molar-refractivity contribution is 0.840. The normalized spacial score (nSPS) is 10.4. The molecule has 4 heteroatoms. The number of nitrogens with zero attached hydrogens (tertiary/aromatic N) is 2. The van der Waals surface area contributed by atoms with Crippen molar-refractivity contribution in [1.29, 1.82) is 0 Å². The molecule has 0 N–H and O–H groups in total. The van der Waals surface area contributed by atoms with Crippen LogP contribution < -0.4 is 0 Å². The number of rotatable bonds is 2. The molecule has 0 atom stereocenters. The Morgan fingerprint density at radius 3 is 2.50 bits per heavy atom. The Morgan fingerprint density at radius 2 is 1.86 bits per heavy atom. The zero-order valence-corrected chi connectivity index (χ0v) is 8.83. The Kier molecular flexibility index (Phi) is 2.75. The quantitative estimate of drug-likeness (QED) is 0.720. The highest BCUT2D eigenvalue weighted by Crippen LogP contribution is 2.15. The first-order valence-electron chi connectivity index (χ1n) is 4.16. The molecule has 0 aliphatic rings. The minimum atomic E-state index is 0.447. The maximum absolute atomic E-state index is 5.79. The van der Waals surface area contributed by atoms with Gasteiger partial charge in [0, 0.05) is 11.2 Å². The minimum Gasteiger partial charge on any atom is -0.237 e. The van der Waals surface area contributed by atoms with Gasteiger partial charge in [-0.1, -0.05) is 11.6 Å². The maximum atomic E-state index is 5.79. The zero-order valence-electron chi connectivity index (χ0n) is 7.32. The summed E-state index contributed by atoms with van der Waals surface area (Å²) in [5.74, 6) is 0.447. The van der Waals surface area contributed by atoms with E-state index in [1.807, 2.05) is 30.3 Å². The van der Waals surface area contributed by atoms with Crippen LogP contribution in [0.1, 0.15) is 5.69 Å². The SMILES string of the molecule is ClCc1ccnn1-c1ccc(Cl)cc1. The summed E-state index contributed by atoms with van der Waals surface area (Å²) in [6.45, 7) is 0. The van der Waals surface area contributed by atoms with Crippen molar-refractivity contribution in [2.24, 2.45) is 0 Å².